The van der Waals surface area contributed by atoms with Crippen LogP contribution in [0, 0.1) is 5.92 Å². The first-order chi connectivity index (χ1) is 9.97. The summed E-state index contributed by atoms with van der Waals surface area (Å²) in [6, 6.07) is 7.85. The largest absolute Gasteiger partial charge is 0.491 e. The fourth-order valence-corrected chi connectivity index (χ4v) is 2.85. The summed E-state index contributed by atoms with van der Waals surface area (Å²) in [6.45, 7) is 5.99. The average Bonchev–Trinajstić information content (AvgIpc) is 2.84. The third-order valence-corrected chi connectivity index (χ3v) is 3.99. The molecule has 1 saturated carbocycles. The van der Waals surface area contributed by atoms with Crippen LogP contribution in [0.1, 0.15) is 51.6 Å². The smallest absolute Gasteiger partial charge is 0.225 e. The lowest BCUT2D eigenvalue weighted by Gasteiger charge is -2.20. The van der Waals surface area contributed by atoms with E-state index >= 15 is 0 Å². The van der Waals surface area contributed by atoms with Crippen LogP contribution in [0.25, 0.3) is 0 Å². The van der Waals surface area contributed by atoms with Crippen molar-refractivity contribution >= 4 is 5.91 Å². The molecule has 0 aliphatic heterocycles. The van der Waals surface area contributed by atoms with Crippen LogP contribution in [0.4, 0.5) is 0 Å². The van der Waals surface area contributed by atoms with Crippen molar-refractivity contribution in [2.75, 3.05) is 0 Å². The molecule has 4 heteroatoms. The highest BCUT2D eigenvalue weighted by Crippen LogP contribution is 2.26. The molecule has 0 bridgehead atoms. The van der Waals surface area contributed by atoms with E-state index in [0.717, 1.165) is 30.6 Å². The molecule has 1 aliphatic carbocycles. The van der Waals surface area contributed by atoms with Gasteiger partial charge in [-0.3, -0.25) is 4.79 Å². The van der Waals surface area contributed by atoms with Crippen molar-refractivity contribution < 1.29 is 9.53 Å². The molecule has 3 atom stereocenters. The van der Waals surface area contributed by atoms with Crippen LogP contribution in [0.5, 0.6) is 5.75 Å². The first-order valence-corrected chi connectivity index (χ1v) is 7.80. The second kappa shape index (κ2) is 6.94. The SMILES string of the molecule is CC(C)Oc1cccc(C(C)NC(=O)C2CCCC2N)c1. The molecular weight excluding hydrogens is 264 g/mol. The number of amides is 1. The average molecular weight is 290 g/mol. The van der Waals surface area contributed by atoms with Gasteiger partial charge in [0.15, 0.2) is 0 Å². The molecule has 21 heavy (non-hydrogen) atoms. The van der Waals surface area contributed by atoms with Crippen molar-refractivity contribution in [3.8, 4) is 5.75 Å². The molecule has 0 aromatic heterocycles. The van der Waals surface area contributed by atoms with Gasteiger partial charge in [-0.1, -0.05) is 18.6 Å². The first kappa shape index (κ1) is 15.8. The van der Waals surface area contributed by atoms with E-state index in [1.807, 2.05) is 45.0 Å². The zero-order valence-electron chi connectivity index (χ0n) is 13.1. The summed E-state index contributed by atoms with van der Waals surface area (Å²) in [5.41, 5.74) is 7.04. The molecule has 0 saturated heterocycles. The van der Waals surface area contributed by atoms with Gasteiger partial charge < -0.3 is 15.8 Å². The summed E-state index contributed by atoms with van der Waals surface area (Å²) >= 11 is 0. The molecule has 3 N–H and O–H groups in total. The molecule has 1 aromatic rings. The van der Waals surface area contributed by atoms with Crippen LogP contribution in [-0.4, -0.2) is 18.1 Å². The predicted octanol–water partition coefficient (Wildman–Crippen LogP) is 2.78. The topological polar surface area (TPSA) is 64.3 Å². The van der Waals surface area contributed by atoms with Gasteiger partial charge in [0.05, 0.1) is 18.1 Å². The minimum Gasteiger partial charge on any atom is -0.491 e. The van der Waals surface area contributed by atoms with Gasteiger partial charge in [0, 0.05) is 6.04 Å². The van der Waals surface area contributed by atoms with Crippen LogP contribution in [-0.2, 0) is 4.79 Å². The second-order valence-electron chi connectivity index (χ2n) is 6.17. The normalized spacial score (nSPS) is 23.1. The Kier molecular flexibility index (Phi) is 5.23. The van der Waals surface area contributed by atoms with Gasteiger partial charge in [-0.15, -0.1) is 0 Å². The summed E-state index contributed by atoms with van der Waals surface area (Å²) in [4.78, 5) is 12.3. The van der Waals surface area contributed by atoms with E-state index in [1.54, 1.807) is 0 Å². The van der Waals surface area contributed by atoms with Gasteiger partial charge in [-0.05, 0) is 51.3 Å². The summed E-state index contributed by atoms with van der Waals surface area (Å²) < 4.78 is 5.69. The summed E-state index contributed by atoms with van der Waals surface area (Å²) in [7, 11) is 0. The molecule has 1 amide bonds. The molecule has 1 aromatic carbocycles. The minimum atomic E-state index is -0.0407. The predicted molar refractivity (Wildman–Crippen MR) is 84.1 cm³/mol. The number of hydrogen-bond donors (Lipinski definition) is 2. The maximum atomic E-state index is 12.3. The molecular formula is C17H26N2O2. The molecule has 116 valence electrons. The van der Waals surface area contributed by atoms with Crippen LogP contribution >= 0.6 is 0 Å². The van der Waals surface area contributed by atoms with Gasteiger partial charge in [0.2, 0.25) is 5.91 Å². The lowest BCUT2D eigenvalue weighted by molar-refractivity contribution is -0.125. The van der Waals surface area contributed by atoms with Gasteiger partial charge in [0.25, 0.3) is 0 Å². The Labute approximate surface area is 127 Å². The van der Waals surface area contributed by atoms with Gasteiger partial charge >= 0.3 is 0 Å². The zero-order chi connectivity index (χ0) is 15.4. The van der Waals surface area contributed by atoms with E-state index < -0.39 is 0 Å². The van der Waals surface area contributed by atoms with Crippen molar-refractivity contribution in [3.05, 3.63) is 29.8 Å². The molecule has 1 fully saturated rings. The van der Waals surface area contributed by atoms with Crippen LogP contribution in [0.3, 0.4) is 0 Å². The molecule has 0 spiro atoms. The monoisotopic (exact) mass is 290 g/mol. The molecule has 1 aliphatic rings. The number of nitrogens with two attached hydrogens (primary N) is 1. The van der Waals surface area contributed by atoms with Crippen molar-refractivity contribution in [2.45, 2.75) is 58.2 Å². The Hall–Kier alpha value is -1.55. The molecule has 0 radical (unpaired) electrons. The van der Waals surface area contributed by atoms with Crippen LogP contribution in [0.15, 0.2) is 24.3 Å². The van der Waals surface area contributed by atoms with E-state index in [1.165, 1.54) is 0 Å². The standard InChI is InChI=1S/C17H26N2O2/c1-11(2)21-14-7-4-6-13(10-14)12(3)19-17(20)15-8-5-9-16(15)18/h4,6-7,10-12,15-16H,5,8-9,18H2,1-3H3,(H,19,20). The van der Waals surface area contributed by atoms with Crippen molar-refractivity contribution in [1.82, 2.24) is 5.32 Å². The number of rotatable bonds is 5. The van der Waals surface area contributed by atoms with E-state index in [0.29, 0.717) is 0 Å². The quantitative estimate of drug-likeness (QED) is 0.876. The zero-order valence-corrected chi connectivity index (χ0v) is 13.1. The summed E-state index contributed by atoms with van der Waals surface area (Å²) in [5, 5.41) is 3.07. The van der Waals surface area contributed by atoms with E-state index in [-0.39, 0.29) is 30.0 Å². The Morgan fingerprint density at radius 3 is 2.71 bits per heavy atom. The Morgan fingerprint density at radius 2 is 2.10 bits per heavy atom. The Bertz CT molecular complexity index is 487. The Morgan fingerprint density at radius 1 is 1.33 bits per heavy atom. The van der Waals surface area contributed by atoms with Crippen LogP contribution in [0.2, 0.25) is 0 Å². The third kappa shape index (κ3) is 4.21. The van der Waals surface area contributed by atoms with Crippen molar-refractivity contribution in [2.24, 2.45) is 11.7 Å². The molecule has 4 nitrogen and oxygen atoms in total. The fourth-order valence-electron chi connectivity index (χ4n) is 2.85. The van der Waals surface area contributed by atoms with E-state index in [4.69, 9.17) is 10.5 Å². The van der Waals surface area contributed by atoms with Gasteiger partial charge in [-0.2, -0.15) is 0 Å². The van der Waals surface area contributed by atoms with Gasteiger partial charge in [0.1, 0.15) is 5.75 Å². The second-order valence-corrected chi connectivity index (χ2v) is 6.17. The number of hydrogen-bond acceptors (Lipinski definition) is 3. The Balaban J connectivity index is 1.99. The number of benzene rings is 1. The van der Waals surface area contributed by atoms with E-state index in [2.05, 4.69) is 5.32 Å². The number of carbonyl (C=O) groups excluding carboxylic acids is 1. The highest BCUT2D eigenvalue weighted by atomic mass is 16.5. The van der Waals surface area contributed by atoms with Crippen molar-refractivity contribution in [3.63, 3.8) is 0 Å². The lowest BCUT2D eigenvalue weighted by atomic mass is 10.0. The fraction of sp³-hybridized carbons (Fsp3) is 0.588. The summed E-state index contributed by atoms with van der Waals surface area (Å²) in [5.74, 6) is 0.867. The lowest BCUT2D eigenvalue weighted by Crippen LogP contribution is -2.39. The molecule has 3 unspecified atom stereocenters. The minimum absolute atomic E-state index is 0.00723. The molecule has 2 rings (SSSR count). The number of carbonyl (C=O) groups is 1. The molecule has 0 heterocycles. The number of ether oxygens (including phenoxy) is 1. The first-order valence-electron chi connectivity index (χ1n) is 7.80. The van der Waals surface area contributed by atoms with Crippen molar-refractivity contribution in [1.29, 1.82) is 0 Å². The highest BCUT2D eigenvalue weighted by Gasteiger charge is 2.30. The van der Waals surface area contributed by atoms with Gasteiger partial charge in [-0.25, -0.2) is 0 Å². The summed E-state index contributed by atoms with van der Waals surface area (Å²) in [6.07, 6.45) is 3.03. The number of nitrogens with one attached hydrogen (secondary N) is 1. The van der Waals surface area contributed by atoms with E-state index in [9.17, 15) is 4.79 Å². The maximum absolute atomic E-state index is 12.3. The highest BCUT2D eigenvalue weighted by molar-refractivity contribution is 5.80. The maximum Gasteiger partial charge on any atom is 0.225 e. The third-order valence-electron chi connectivity index (χ3n) is 3.99. The van der Waals surface area contributed by atoms with Crippen LogP contribution < -0.4 is 15.8 Å².